The van der Waals surface area contributed by atoms with Crippen LogP contribution < -0.4 is 11.1 Å². The Balaban J connectivity index is 2.28. The van der Waals surface area contributed by atoms with Crippen molar-refractivity contribution in [3.63, 3.8) is 0 Å². The van der Waals surface area contributed by atoms with E-state index in [2.05, 4.69) is 5.32 Å². The van der Waals surface area contributed by atoms with Crippen LogP contribution in [0.3, 0.4) is 0 Å². The molecule has 0 radical (unpaired) electrons. The Morgan fingerprint density at radius 1 is 1.15 bits per heavy atom. The predicted molar refractivity (Wildman–Crippen MR) is 80.0 cm³/mol. The van der Waals surface area contributed by atoms with Gasteiger partial charge in [0.25, 0.3) is 5.91 Å². The number of nitrogens with two attached hydrogens (primary N) is 1. The molecule has 0 aliphatic rings. The largest absolute Gasteiger partial charge is 0.399 e. The molecule has 0 saturated carbocycles. The number of rotatable bonds is 2. The van der Waals surface area contributed by atoms with Crippen molar-refractivity contribution >= 4 is 40.5 Å². The highest BCUT2D eigenvalue weighted by Gasteiger charge is 2.12. The molecule has 0 aliphatic heterocycles. The highest BCUT2D eigenvalue weighted by atomic mass is 35.5. The number of hydrogen-bond donors (Lipinski definition) is 2. The lowest BCUT2D eigenvalue weighted by Crippen LogP contribution is -2.13. The standard InChI is InChI=1S/C14H9Cl2N3O/c15-11-3-2-9(18)6-10(11)14(20)19-13-4-1-8(7-17)5-12(13)16/h1-6H,18H2,(H,19,20). The highest BCUT2D eigenvalue weighted by molar-refractivity contribution is 6.36. The molecular weight excluding hydrogens is 297 g/mol. The molecule has 2 rings (SSSR count). The van der Waals surface area contributed by atoms with Crippen LogP contribution in [0.2, 0.25) is 10.0 Å². The quantitative estimate of drug-likeness (QED) is 0.830. The van der Waals surface area contributed by atoms with Crippen molar-refractivity contribution in [2.24, 2.45) is 0 Å². The molecule has 0 aromatic heterocycles. The Morgan fingerprint density at radius 2 is 1.90 bits per heavy atom. The van der Waals surface area contributed by atoms with Gasteiger partial charge in [0, 0.05) is 5.69 Å². The van der Waals surface area contributed by atoms with E-state index in [0.717, 1.165) is 0 Å². The Labute approximate surface area is 125 Å². The summed E-state index contributed by atoms with van der Waals surface area (Å²) in [5.74, 6) is -0.422. The number of anilines is 2. The molecule has 0 spiro atoms. The van der Waals surface area contributed by atoms with Crippen LogP contribution >= 0.6 is 23.2 Å². The summed E-state index contributed by atoms with van der Waals surface area (Å²) in [7, 11) is 0. The summed E-state index contributed by atoms with van der Waals surface area (Å²) in [4.78, 5) is 12.1. The molecule has 6 heteroatoms. The van der Waals surface area contributed by atoms with Crippen molar-refractivity contribution in [2.75, 3.05) is 11.1 Å². The second-order valence-electron chi connectivity index (χ2n) is 4.00. The second-order valence-corrected chi connectivity index (χ2v) is 4.81. The van der Waals surface area contributed by atoms with E-state index >= 15 is 0 Å². The smallest absolute Gasteiger partial charge is 0.257 e. The van der Waals surface area contributed by atoms with Gasteiger partial charge in [0.15, 0.2) is 0 Å². The maximum Gasteiger partial charge on any atom is 0.257 e. The molecule has 2 aromatic rings. The monoisotopic (exact) mass is 305 g/mol. The van der Waals surface area contributed by atoms with Crippen LogP contribution in [-0.4, -0.2) is 5.91 Å². The second kappa shape index (κ2) is 5.83. The summed E-state index contributed by atoms with van der Waals surface area (Å²) < 4.78 is 0. The number of nitrogen functional groups attached to an aromatic ring is 1. The predicted octanol–water partition coefficient (Wildman–Crippen LogP) is 3.70. The van der Waals surface area contributed by atoms with Gasteiger partial charge in [-0.2, -0.15) is 5.26 Å². The summed E-state index contributed by atoms with van der Waals surface area (Å²) in [6.45, 7) is 0. The summed E-state index contributed by atoms with van der Waals surface area (Å²) in [5, 5.41) is 11.9. The van der Waals surface area contributed by atoms with Gasteiger partial charge >= 0.3 is 0 Å². The SMILES string of the molecule is N#Cc1ccc(NC(=O)c2cc(N)ccc2Cl)c(Cl)c1. The number of nitrogens with zero attached hydrogens (tertiary/aromatic N) is 1. The average Bonchev–Trinajstić information content (AvgIpc) is 2.43. The van der Waals surface area contributed by atoms with Crippen molar-refractivity contribution in [1.29, 1.82) is 5.26 Å². The summed E-state index contributed by atoms with van der Waals surface area (Å²) in [5.41, 5.74) is 7.13. The molecule has 0 unspecified atom stereocenters. The summed E-state index contributed by atoms with van der Waals surface area (Å²) >= 11 is 11.9. The number of hydrogen-bond acceptors (Lipinski definition) is 3. The molecular formula is C14H9Cl2N3O. The number of carbonyl (C=O) groups is 1. The maximum absolute atomic E-state index is 12.1. The van der Waals surface area contributed by atoms with Crippen molar-refractivity contribution < 1.29 is 4.79 Å². The van der Waals surface area contributed by atoms with Crippen LogP contribution in [0.25, 0.3) is 0 Å². The fourth-order valence-electron chi connectivity index (χ4n) is 1.59. The van der Waals surface area contributed by atoms with Gasteiger partial charge in [-0.1, -0.05) is 23.2 Å². The first-order chi connectivity index (χ1) is 9.51. The average molecular weight is 306 g/mol. The Bertz CT molecular complexity index is 723. The third kappa shape index (κ3) is 3.02. The van der Waals surface area contributed by atoms with Crippen molar-refractivity contribution in [1.82, 2.24) is 0 Å². The minimum Gasteiger partial charge on any atom is -0.399 e. The first kappa shape index (κ1) is 14.2. The van der Waals surface area contributed by atoms with E-state index < -0.39 is 5.91 Å². The molecule has 1 amide bonds. The fraction of sp³-hybridized carbons (Fsp3) is 0. The number of amides is 1. The van der Waals surface area contributed by atoms with Gasteiger partial charge in [0.1, 0.15) is 0 Å². The Kier molecular flexibility index (Phi) is 4.14. The molecule has 0 aliphatic carbocycles. The zero-order valence-electron chi connectivity index (χ0n) is 10.2. The molecule has 0 bridgehead atoms. The van der Waals surface area contributed by atoms with E-state index in [1.807, 2.05) is 6.07 Å². The molecule has 0 atom stereocenters. The van der Waals surface area contributed by atoms with Gasteiger partial charge in [-0.25, -0.2) is 0 Å². The molecule has 100 valence electrons. The van der Waals surface area contributed by atoms with Gasteiger partial charge in [0.05, 0.1) is 32.9 Å². The fourth-order valence-corrected chi connectivity index (χ4v) is 2.02. The number of nitriles is 1. The van der Waals surface area contributed by atoms with Gasteiger partial charge < -0.3 is 11.1 Å². The van der Waals surface area contributed by atoms with E-state index in [4.69, 9.17) is 34.2 Å². The number of carbonyl (C=O) groups excluding carboxylic acids is 1. The maximum atomic E-state index is 12.1. The van der Waals surface area contributed by atoms with Crippen LogP contribution in [0.4, 0.5) is 11.4 Å². The van der Waals surface area contributed by atoms with Crippen LogP contribution in [0, 0.1) is 11.3 Å². The van der Waals surface area contributed by atoms with E-state index in [0.29, 0.717) is 22.0 Å². The highest BCUT2D eigenvalue weighted by Crippen LogP contribution is 2.25. The van der Waals surface area contributed by atoms with E-state index in [1.54, 1.807) is 24.3 Å². The molecule has 0 fully saturated rings. The Morgan fingerprint density at radius 3 is 2.55 bits per heavy atom. The van der Waals surface area contributed by atoms with Gasteiger partial charge in [-0.05, 0) is 36.4 Å². The Hall–Kier alpha value is -2.22. The normalized spacial score (nSPS) is 9.85. The van der Waals surface area contributed by atoms with Crippen LogP contribution in [-0.2, 0) is 0 Å². The lowest BCUT2D eigenvalue weighted by atomic mass is 10.1. The first-order valence-corrected chi connectivity index (χ1v) is 6.33. The molecule has 3 N–H and O–H groups in total. The summed E-state index contributed by atoms with van der Waals surface area (Å²) in [6, 6.07) is 11.2. The van der Waals surface area contributed by atoms with Crippen LogP contribution in [0.5, 0.6) is 0 Å². The molecule has 2 aromatic carbocycles. The van der Waals surface area contributed by atoms with E-state index in [9.17, 15) is 4.79 Å². The zero-order chi connectivity index (χ0) is 14.7. The van der Waals surface area contributed by atoms with Gasteiger partial charge in [0.2, 0.25) is 0 Å². The van der Waals surface area contributed by atoms with Gasteiger partial charge in [-0.15, -0.1) is 0 Å². The topological polar surface area (TPSA) is 78.9 Å². The van der Waals surface area contributed by atoms with E-state index in [1.165, 1.54) is 12.1 Å². The number of halogens is 2. The van der Waals surface area contributed by atoms with Crippen molar-refractivity contribution in [2.45, 2.75) is 0 Å². The first-order valence-electron chi connectivity index (χ1n) is 5.57. The van der Waals surface area contributed by atoms with Crippen LogP contribution in [0.15, 0.2) is 36.4 Å². The molecule has 4 nitrogen and oxygen atoms in total. The minimum atomic E-state index is -0.422. The van der Waals surface area contributed by atoms with Crippen molar-refractivity contribution in [3.8, 4) is 6.07 Å². The van der Waals surface area contributed by atoms with Gasteiger partial charge in [-0.3, -0.25) is 4.79 Å². The zero-order valence-corrected chi connectivity index (χ0v) is 11.7. The lowest BCUT2D eigenvalue weighted by molar-refractivity contribution is 0.102. The number of benzene rings is 2. The third-order valence-corrected chi connectivity index (χ3v) is 3.22. The van der Waals surface area contributed by atoms with Crippen LogP contribution in [0.1, 0.15) is 15.9 Å². The third-order valence-electron chi connectivity index (χ3n) is 2.58. The van der Waals surface area contributed by atoms with E-state index in [-0.39, 0.29) is 10.6 Å². The molecule has 20 heavy (non-hydrogen) atoms. The number of nitrogens with one attached hydrogen (secondary N) is 1. The minimum absolute atomic E-state index is 0.257. The molecule has 0 saturated heterocycles. The van der Waals surface area contributed by atoms with Crippen molar-refractivity contribution in [3.05, 3.63) is 57.6 Å². The summed E-state index contributed by atoms with van der Waals surface area (Å²) in [6.07, 6.45) is 0. The molecule has 0 heterocycles. The lowest BCUT2D eigenvalue weighted by Gasteiger charge is -2.09.